The monoisotopic (exact) mass is 622 g/mol. The molecule has 42 heavy (non-hydrogen) atoms. The molecule has 1 aliphatic carbocycles. The highest BCUT2D eigenvalue weighted by molar-refractivity contribution is 7.89. The number of fused-ring (bicyclic) bond motifs is 1. The molecule has 0 bridgehead atoms. The van der Waals surface area contributed by atoms with E-state index in [9.17, 15) is 44.7 Å². The number of ether oxygens (including phenoxy) is 1. The summed E-state index contributed by atoms with van der Waals surface area (Å²) in [6.07, 6.45) is -5.19. The summed E-state index contributed by atoms with van der Waals surface area (Å²) < 4.78 is 118. The second-order valence-corrected chi connectivity index (χ2v) is 13.6. The third-order valence-corrected chi connectivity index (χ3v) is 9.91. The number of rotatable bonds is 7. The van der Waals surface area contributed by atoms with Crippen LogP contribution >= 0.6 is 0 Å². The molecular weight excluding hydrogens is 590 g/mol. The molecule has 1 saturated carbocycles. The molecule has 2 aromatic carbocycles. The van der Waals surface area contributed by atoms with Gasteiger partial charge in [-0.25, -0.2) is 21.6 Å². The molecule has 0 saturated heterocycles. The van der Waals surface area contributed by atoms with E-state index in [2.05, 4.69) is 0 Å². The fourth-order valence-electron chi connectivity index (χ4n) is 5.21. The molecule has 4 rings (SSSR count). The maximum Gasteiger partial charge on any atom is 0.420 e. The zero-order valence-electron chi connectivity index (χ0n) is 23.2. The van der Waals surface area contributed by atoms with Gasteiger partial charge in [-0.3, -0.25) is 4.79 Å². The van der Waals surface area contributed by atoms with Gasteiger partial charge in [0.15, 0.2) is 0 Å². The highest BCUT2D eigenvalue weighted by Crippen LogP contribution is 2.47. The molecule has 1 fully saturated rings. The lowest BCUT2D eigenvalue weighted by atomic mass is 9.83. The Labute approximate surface area is 240 Å². The Balaban J connectivity index is 1.85. The average Bonchev–Trinajstić information content (AvgIpc) is 2.97. The molecule has 1 heterocycles. The predicted molar refractivity (Wildman–Crippen MR) is 142 cm³/mol. The van der Waals surface area contributed by atoms with Crippen LogP contribution in [0.25, 0.3) is 0 Å². The third kappa shape index (κ3) is 6.64. The van der Waals surface area contributed by atoms with Crippen molar-refractivity contribution >= 4 is 27.4 Å². The lowest BCUT2D eigenvalue weighted by Crippen LogP contribution is -2.42. The summed E-state index contributed by atoms with van der Waals surface area (Å²) >= 11 is 0. The molecule has 2 aliphatic rings. The molecule has 14 heteroatoms. The van der Waals surface area contributed by atoms with Crippen LogP contribution in [0.15, 0.2) is 41.3 Å². The van der Waals surface area contributed by atoms with Crippen molar-refractivity contribution in [1.29, 1.82) is 0 Å². The minimum Gasteiger partial charge on any atom is -0.492 e. The lowest BCUT2D eigenvalue weighted by molar-refractivity contribution is -0.148. The quantitative estimate of drug-likeness (QED) is 0.347. The molecule has 0 aromatic heterocycles. The number of likely N-dealkylation sites (N-methyl/N-ethyl adjacent to an activating group) is 1. The highest BCUT2D eigenvalue weighted by atomic mass is 32.2. The average molecular weight is 623 g/mol. The molecule has 1 unspecified atom stereocenters. The molecule has 2 aromatic rings. The summed E-state index contributed by atoms with van der Waals surface area (Å²) in [5.41, 5.74) is -3.02. The number of sulfonamides is 1. The van der Waals surface area contributed by atoms with E-state index in [0.717, 1.165) is 22.5 Å². The Morgan fingerprint density at radius 3 is 2.24 bits per heavy atom. The largest absolute Gasteiger partial charge is 0.492 e. The number of carboxylic acids is 1. The molecule has 0 spiro atoms. The summed E-state index contributed by atoms with van der Waals surface area (Å²) in [4.78, 5) is 12.3. The molecule has 232 valence electrons. The van der Waals surface area contributed by atoms with E-state index in [1.165, 1.54) is 37.9 Å². The molecule has 0 radical (unpaired) electrons. The topological polar surface area (TPSA) is 87.2 Å². The van der Waals surface area contributed by atoms with E-state index in [1.54, 1.807) is 0 Å². The summed E-state index contributed by atoms with van der Waals surface area (Å²) in [5, 5.41) is 9.39. The van der Waals surface area contributed by atoms with Gasteiger partial charge < -0.3 is 14.7 Å². The van der Waals surface area contributed by atoms with Crippen LogP contribution in [0.4, 0.5) is 37.7 Å². The maximum atomic E-state index is 14.3. The van der Waals surface area contributed by atoms with Crippen molar-refractivity contribution in [2.24, 2.45) is 11.3 Å². The number of hydrogen-bond donors (Lipinski definition) is 1. The van der Waals surface area contributed by atoms with E-state index in [-0.39, 0.29) is 55.9 Å². The SMILES string of the molecule is CN1C(CC2CCC(F)(F)CC2)CN(c2ccc(F)cc2)c2cc(C(F)(F)F)c(OCC(C)(C)C(=O)O)cc2S1(=O)=O. The first-order valence-corrected chi connectivity index (χ1v) is 14.8. The number of alkyl halides is 5. The lowest BCUT2D eigenvalue weighted by Gasteiger charge is -2.34. The Bertz CT molecular complexity index is 1420. The molecule has 0 amide bonds. The van der Waals surface area contributed by atoms with Gasteiger partial charge in [0.25, 0.3) is 0 Å². The van der Waals surface area contributed by atoms with Gasteiger partial charge in [-0.15, -0.1) is 0 Å². The minimum atomic E-state index is -5.01. The summed E-state index contributed by atoms with van der Waals surface area (Å²) in [7, 11) is -3.20. The van der Waals surface area contributed by atoms with Crippen molar-refractivity contribution in [3.8, 4) is 5.75 Å². The standard InChI is InChI=1S/C28H32F6N2O5S/c1-26(2,25(37)38)16-41-23-14-24-22(13-21(23)28(32,33)34)36(19-6-4-18(29)5-7-19)15-20(35(3)42(24,39)40)12-17-8-10-27(30,31)11-9-17/h4-7,13-14,17,20H,8-12,15-16H2,1-3H3,(H,37,38). The second-order valence-electron chi connectivity index (χ2n) is 11.6. The Morgan fingerprint density at radius 1 is 1.10 bits per heavy atom. The number of hydrogen-bond acceptors (Lipinski definition) is 5. The van der Waals surface area contributed by atoms with E-state index in [1.807, 2.05) is 0 Å². The predicted octanol–water partition coefficient (Wildman–Crippen LogP) is 6.69. The Hall–Kier alpha value is -3.00. The van der Waals surface area contributed by atoms with Crippen LogP contribution in [0.2, 0.25) is 0 Å². The third-order valence-electron chi connectivity index (χ3n) is 7.97. The number of nitrogens with zero attached hydrogens (tertiary/aromatic N) is 2. The molecule has 1 aliphatic heterocycles. The van der Waals surface area contributed by atoms with Crippen LogP contribution in [-0.4, -0.2) is 56.0 Å². The zero-order chi connectivity index (χ0) is 31.3. The highest BCUT2D eigenvalue weighted by Gasteiger charge is 2.44. The first kappa shape index (κ1) is 31.9. The summed E-state index contributed by atoms with van der Waals surface area (Å²) in [6.45, 7) is 1.68. The number of carboxylic acid groups (broad SMARTS) is 1. The van der Waals surface area contributed by atoms with Crippen LogP contribution in [0.5, 0.6) is 5.75 Å². The van der Waals surface area contributed by atoms with Crippen molar-refractivity contribution in [3.63, 3.8) is 0 Å². The molecule has 7 nitrogen and oxygen atoms in total. The van der Waals surface area contributed by atoms with Gasteiger partial charge in [-0.05, 0) is 69.4 Å². The van der Waals surface area contributed by atoms with Gasteiger partial charge in [0, 0.05) is 44.2 Å². The summed E-state index contributed by atoms with van der Waals surface area (Å²) in [6, 6.07) is 5.34. The van der Waals surface area contributed by atoms with Gasteiger partial charge in [-0.1, -0.05) is 0 Å². The summed E-state index contributed by atoms with van der Waals surface area (Å²) in [5.74, 6) is -5.84. The van der Waals surface area contributed by atoms with Gasteiger partial charge in [-0.2, -0.15) is 17.5 Å². The van der Waals surface area contributed by atoms with Gasteiger partial charge >= 0.3 is 12.1 Å². The van der Waals surface area contributed by atoms with Crippen molar-refractivity contribution in [3.05, 3.63) is 47.8 Å². The molecular formula is C28H32F6N2O5S. The van der Waals surface area contributed by atoms with E-state index in [4.69, 9.17) is 4.74 Å². The van der Waals surface area contributed by atoms with E-state index >= 15 is 0 Å². The van der Waals surface area contributed by atoms with Crippen molar-refractivity contribution in [2.75, 3.05) is 25.1 Å². The van der Waals surface area contributed by atoms with Gasteiger partial charge in [0.1, 0.15) is 23.1 Å². The molecule has 1 atom stereocenters. The van der Waals surface area contributed by atoms with Crippen LogP contribution in [0.3, 0.4) is 0 Å². The fourth-order valence-corrected chi connectivity index (χ4v) is 6.76. The Kier molecular flexibility index (Phi) is 8.55. The number of aliphatic carboxylic acids is 1. The number of anilines is 2. The van der Waals surface area contributed by atoms with Crippen molar-refractivity contribution in [1.82, 2.24) is 4.31 Å². The number of carbonyl (C=O) groups is 1. The maximum absolute atomic E-state index is 14.3. The van der Waals surface area contributed by atoms with Gasteiger partial charge in [0.05, 0.1) is 16.7 Å². The van der Waals surface area contributed by atoms with Crippen LogP contribution in [0.1, 0.15) is 51.5 Å². The Morgan fingerprint density at radius 2 is 1.69 bits per heavy atom. The normalized spacial score (nSPS) is 21.5. The van der Waals surface area contributed by atoms with Crippen molar-refractivity contribution in [2.45, 2.75) is 69.0 Å². The molecule has 1 N–H and O–H groups in total. The second kappa shape index (κ2) is 11.3. The van der Waals surface area contributed by atoms with E-state index < -0.39 is 68.2 Å². The van der Waals surface area contributed by atoms with Crippen molar-refractivity contribution < 1.29 is 49.4 Å². The number of halogens is 6. The van der Waals surface area contributed by atoms with Gasteiger partial charge in [0.2, 0.25) is 15.9 Å². The smallest absolute Gasteiger partial charge is 0.420 e. The van der Waals surface area contributed by atoms with Crippen LogP contribution < -0.4 is 9.64 Å². The zero-order valence-corrected chi connectivity index (χ0v) is 24.0. The first-order valence-electron chi connectivity index (χ1n) is 13.3. The number of benzene rings is 2. The first-order chi connectivity index (χ1) is 19.3. The van der Waals surface area contributed by atoms with Crippen LogP contribution in [-0.2, 0) is 21.0 Å². The fraction of sp³-hybridized carbons (Fsp3) is 0.536. The van der Waals surface area contributed by atoms with Crippen LogP contribution in [0, 0.1) is 17.2 Å². The minimum absolute atomic E-state index is 0.134. The van der Waals surface area contributed by atoms with E-state index in [0.29, 0.717) is 6.07 Å².